The second-order valence-electron chi connectivity index (χ2n) is 5.32. The predicted molar refractivity (Wildman–Crippen MR) is 78.1 cm³/mol. The lowest BCUT2D eigenvalue weighted by molar-refractivity contribution is -0.0328. The van der Waals surface area contributed by atoms with Gasteiger partial charge in [0.1, 0.15) is 0 Å². The molecule has 112 valence electrons. The molecule has 0 heterocycles. The summed E-state index contributed by atoms with van der Waals surface area (Å²) in [5.41, 5.74) is -1.80. The van der Waals surface area contributed by atoms with Crippen LogP contribution in [0.3, 0.4) is 0 Å². The summed E-state index contributed by atoms with van der Waals surface area (Å²) in [6.07, 6.45) is 2.93. The van der Waals surface area contributed by atoms with Crippen LogP contribution in [0.4, 0.5) is 13.2 Å². The third-order valence-corrected chi connectivity index (χ3v) is 4.36. The number of alkyl halides is 3. The summed E-state index contributed by atoms with van der Waals surface area (Å²) in [5.74, 6) is 0.279. The molecule has 2 rings (SSSR count). The third kappa shape index (κ3) is 5.37. The van der Waals surface area contributed by atoms with Gasteiger partial charge in [0, 0.05) is 18.3 Å². The van der Waals surface area contributed by atoms with Gasteiger partial charge in [-0.1, -0.05) is 36.0 Å². The van der Waals surface area contributed by atoms with Crippen molar-refractivity contribution in [3.63, 3.8) is 0 Å². The molecule has 5 heteroatoms. The maximum atomic E-state index is 12.3. The lowest BCUT2D eigenvalue weighted by Crippen LogP contribution is -2.24. The van der Waals surface area contributed by atoms with Crippen LogP contribution in [0.2, 0.25) is 0 Å². The Morgan fingerprint density at radius 2 is 2.00 bits per heavy atom. The molecule has 1 atom stereocenters. The van der Waals surface area contributed by atoms with Gasteiger partial charge in [0.05, 0.1) is 0 Å². The lowest BCUT2D eigenvalue weighted by atomic mass is 9.92. The van der Waals surface area contributed by atoms with Gasteiger partial charge >= 0.3 is 5.51 Å². The van der Waals surface area contributed by atoms with Crippen LogP contribution in [-0.2, 0) is 0 Å². The Balaban J connectivity index is 1.94. The first kappa shape index (κ1) is 15.7. The van der Waals surface area contributed by atoms with Crippen molar-refractivity contribution in [1.82, 2.24) is 5.32 Å². The topological polar surface area (TPSA) is 12.0 Å². The Morgan fingerprint density at radius 3 is 2.60 bits per heavy atom. The molecule has 1 aromatic rings. The SMILES string of the molecule is Cc1ccccc1C(CCSC(F)(F)F)CNC1CC1. The van der Waals surface area contributed by atoms with Crippen LogP contribution >= 0.6 is 11.8 Å². The summed E-state index contributed by atoms with van der Waals surface area (Å²) in [4.78, 5) is 0. The Hall–Kier alpha value is -0.680. The Labute approximate surface area is 122 Å². The van der Waals surface area contributed by atoms with E-state index in [1.165, 1.54) is 18.4 Å². The van der Waals surface area contributed by atoms with E-state index >= 15 is 0 Å². The first-order chi connectivity index (χ1) is 9.46. The molecule has 1 nitrogen and oxygen atoms in total. The Kier molecular flexibility index (Phi) is 5.38. The zero-order chi connectivity index (χ0) is 14.6. The molecule has 0 aromatic heterocycles. The normalized spacial score (nSPS) is 17.2. The molecule has 20 heavy (non-hydrogen) atoms. The molecule has 0 bridgehead atoms. The standard InChI is InChI=1S/C15H20F3NS/c1-11-4-2-3-5-14(11)12(10-19-13-6-7-13)8-9-20-15(16,17)18/h2-5,12-13,19H,6-10H2,1H3. The van der Waals surface area contributed by atoms with E-state index < -0.39 is 5.51 Å². The van der Waals surface area contributed by atoms with Gasteiger partial charge in [0.25, 0.3) is 0 Å². The summed E-state index contributed by atoms with van der Waals surface area (Å²) in [5, 5.41) is 3.44. The summed E-state index contributed by atoms with van der Waals surface area (Å²) in [6, 6.07) is 8.57. The van der Waals surface area contributed by atoms with E-state index in [0.717, 1.165) is 12.1 Å². The molecule has 1 saturated carbocycles. The fourth-order valence-electron chi connectivity index (χ4n) is 2.33. The van der Waals surface area contributed by atoms with Crippen LogP contribution in [0.15, 0.2) is 24.3 Å². The van der Waals surface area contributed by atoms with E-state index in [9.17, 15) is 13.2 Å². The molecule has 0 amide bonds. The molecule has 1 N–H and O–H groups in total. The largest absolute Gasteiger partial charge is 0.441 e. The molecular weight excluding hydrogens is 283 g/mol. The second kappa shape index (κ2) is 6.85. The van der Waals surface area contributed by atoms with E-state index in [1.54, 1.807) is 0 Å². The lowest BCUT2D eigenvalue weighted by Gasteiger charge is -2.20. The van der Waals surface area contributed by atoms with Crippen molar-refractivity contribution in [1.29, 1.82) is 0 Å². The summed E-state index contributed by atoms with van der Waals surface area (Å²) < 4.78 is 36.8. The number of hydrogen-bond donors (Lipinski definition) is 1. The zero-order valence-electron chi connectivity index (χ0n) is 11.5. The summed E-state index contributed by atoms with van der Waals surface area (Å²) in [6.45, 7) is 2.80. The number of hydrogen-bond acceptors (Lipinski definition) is 2. The second-order valence-corrected chi connectivity index (χ2v) is 6.48. The van der Waals surface area contributed by atoms with Crippen molar-refractivity contribution in [2.24, 2.45) is 0 Å². The van der Waals surface area contributed by atoms with Gasteiger partial charge in [-0.15, -0.1) is 0 Å². The minimum absolute atomic E-state index is 0.0845. The molecular formula is C15H20F3NS. The molecule has 1 fully saturated rings. The molecule has 0 spiro atoms. The Morgan fingerprint density at radius 1 is 1.30 bits per heavy atom. The number of halogens is 3. The van der Waals surface area contributed by atoms with Gasteiger partial charge in [-0.25, -0.2) is 0 Å². The predicted octanol–water partition coefficient (Wildman–Crippen LogP) is 4.47. The maximum absolute atomic E-state index is 12.3. The highest BCUT2D eigenvalue weighted by molar-refractivity contribution is 8.00. The van der Waals surface area contributed by atoms with Crippen molar-refractivity contribution >= 4 is 11.8 Å². The molecule has 0 radical (unpaired) electrons. The minimum Gasteiger partial charge on any atom is -0.313 e. The van der Waals surface area contributed by atoms with Gasteiger partial charge in [-0.05, 0) is 43.2 Å². The van der Waals surface area contributed by atoms with Crippen LogP contribution in [0.25, 0.3) is 0 Å². The van der Waals surface area contributed by atoms with Crippen molar-refractivity contribution in [3.8, 4) is 0 Å². The average Bonchev–Trinajstić information content (AvgIpc) is 3.17. The highest BCUT2D eigenvalue weighted by atomic mass is 32.2. The van der Waals surface area contributed by atoms with E-state index in [2.05, 4.69) is 5.32 Å². The first-order valence-electron chi connectivity index (χ1n) is 6.95. The smallest absolute Gasteiger partial charge is 0.313 e. The highest BCUT2D eigenvalue weighted by Crippen LogP contribution is 2.33. The zero-order valence-corrected chi connectivity index (χ0v) is 12.4. The number of nitrogens with one attached hydrogen (secondary N) is 1. The van der Waals surface area contributed by atoms with Crippen molar-refractivity contribution < 1.29 is 13.2 Å². The molecule has 1 aromatic carbocycles. The highest BCUT2D eigenvalue weighted by Gasteiger charge is 2.29. The monoisotopic (exact) mass is 303 g/mol. The quantitative estimate of drug-likeness (QED) is 0.797. The molecule has 1 aliphatic carbocycles. The van der Waals surface area contributed by atoms with Crippen LogP contribution in [0, 0.1) is 6.92 Å². The van der Waals surface area contributed by atoms with Gasteiger partial charge in [-0.2, -0.15) is 13.2 Å². The number of rotatable bonds is 7. The van der Waals surface area contributed by atoms with Crippen LogP contribution in [-0.4, -0.2) is 23.8 Å². The number of aryl methyl sites for hydroxylation is 1. The summed E-state index contributed by atoms with van der Waals surface area (Å²) >= 11 is 0.0845. The van der Waals surface area contributed by atoms with Crippen molar-refractivity contribution in [2.75, 3.05) is 12.3 Å². The van der Waals surface area contributed by atoms with Gasteiger partial charge in [-0.3, -0.25) is 0 Å². The molecule has 0 aliphatic heterocycles. The van der Waals surface area contributed by atoms with E-state index in [4.69, 9.17) is 0 Å². The fraction of sp³-hybridized carbons (Fsp3) is 0.600. The van der Waals surface area contributed by atoms with Crippen molar-refractivity contribution in [3.05, 3.63) is 35.4 Å². The van der Waals surface area contributed by atoms with Crippen molar-refractivity contribution in [2.45, 2.75) is 43.7 Å². The molecule has 0 saturated heterocycles. The van der Waals surface area contributed by atoms with Crippen LogP contribution < -0.4 is 5.32 Å². The van der Waals surface area contributed by atoms with Crippen LogP contribution in [0.5, 0.6) is 0 Å². The van der Waals surface area contributed by atoms with Crippen LogP contribution in [0.1, 0.15) is 36.3 Å². The fourth-order valence-corrected chi connectivity index (χ4v) is 2.96. The Bertz CT molecular complexity index is 429. The van der Waals surface area contributed by atoms with E-state index in [-0.39, 0.29) is 23.4 Å². The minimum atomic E-state index is -4.12. The average molecular weight is 303 g/mol. The number of benzene rings is 1. The third-order valence-electron chi connectivity index (χ3n) is 3.59. The van der Waals surface area contributed by atoms with Gasteiger partial charge in [0.2, 0.25) is 0 Å². The molecule has 1 aliphatic rings. The first-order valence-corrected chi connectivity index (χ1v) is 7.94. The number of thioether (sulfide) groups is 1. The van der Waals surface area contributed by atoms with Gasteiger partial charge in [0.15, 0.2) is 0 Å². The maximum Gasteiger partial charge on any atom is 0.441 e. The van der Waals surface area contributed by atoms with E-state index in [1.807, 2.05) is 31.2 Å². The van der Waals surface area contributed by atoms with Gasteiger partial charge < -0.3 is 5.32 Å². The summed E-state index contributed by atoms with van der Waals surface area (Å²) in [7, 11) is 0. The molecule has 1 unspecified atom stereocenters. The van der Waals surface area contributed by atoms with E-state index in [0.29, 0.717) is 12.5 Å².